The van der Waals surface area contributed by atoms with Gasteiger partial charge in [-0.25, -0.2) is 29.1 Å². The van der Waals surface area contributed by atoms with Crippen LogP contribution < -0.4 is 23.7 Å². The van der Waals surface area contributed by atoms with Gasteiger partial charge in [0.25, 0.3) is 0 Å². The second kappa shape index (κ2) is 18.8. The summed E-state index contributed by atoms with van der Waals surface area (Å²) in [7, 11) is 3.70. The average molecular weight is 903 g/mol. The Hall–Kier alpha value is -6.39. The second-order valence-electron chi connectivity index (χ2n) is 15.7. The van der Waals surface area contributed by atoms with Gasteiger partial charge < -0.3 is 33.7 Å². The van der Waals surface area contributed by atoms with Crippen LogP contribution in [0.5, 0.6) is 28.9 Å². The quantitative estimate of drug-likeness (QED) is 0.148. The first kappa shape index (κ1) is 42.9. The second-order valence-corrected chi connectivity index (χ2v) is 17.0. The third kappa shape index (κ3) is 9.15. The molecule has 328 valence electrons. The number of carboxylic acid groups (broad SMARTS) is 1. The number of aromatic nitrogens is 4. The summed E-state index contributed by atoms with van der Waals surface area (Å²) in [5, 5.41) is 11.7. The minimum absolute atomic E-state index is 0.0463. The van der Waals surface area contributed by atoms with Gasteiger partial charge in [0.05, 0.1) is 28.8 Å². The van der Waals surface area contributed by atoms with Crippen LogP contribution in [-0.2, 0) is 17.8 Å². The number of carbonyl (C=O) groups is 1. The van der Waals surface area contributed by atoms with Crippen molar-refractivity contribution in [3.63, 3.8) is 0 Å². The van der Waals surface area contributed by atoms with Gasteiger partial charge in [0, 0.05) is 61.3 Å². The lowest BCUT2D eigenvalue weighted by Gasteiger charge is -2.34. The van der Waals surface area contributed by atoms with E-state index in [-0.39, 0.29) is 31.3 Å². The molecule has 1 fully saturated rings. The van der Waals surface area contributed by atoms with Crippen molar-refractivity contribution in [2.45, 2.75) is 32.2 Å². The Balaban J connectivity index is 1.14. The van der Waals surface area contributed by atoms with Crippen LogP contribution in [0, 0.1) is 12.7 Å². The molecular formula is C48H44ClFN6O7S. The number of ether oxygens (including phenoxy) is 5. The van der Waals surface area contributed by atoms with Crippen LogP contribution in [0.2, 0.25) is 5.02 Å². The van der Waals surface area contributed by atoms with Crippen LogP contribution in [0.3, 0.4) is 0 Å². The fourth-order valence-electron chi connectivity index (χ4n) is 7.95. The molecule has 2 unspecified atom stereocenters. The molecule has 4 aromatic carbocycles. The van der Waals surface area contributed by atoms with Crippen molar-refractivity contribution >= 4 is 39.1 Å². The number of piperazine rings is 1. The number of fused-ring (bicyclic) bond motifs is 7. The maximum Gasteiger partial charge on any atom is 0.345 e. The minimum Gasteiger partial charge on any atom is -0.496 e. The first-order chi connectivity index (χ1) is 31.1. The fourth-order valence-corrected chi connectivity index (χ4v) is 9.32. The number of halogens is 2. The van der Waals surface area contributed by atoms with Gasteiger partial charge in [-0.1, -0.05) is 41.9 Å². The van der Waals surface area contributed by atoms with Crippen molar-refractivity contribution in [1.82, 2.24) is 29.7 Å². The normalized spacial score (nSPS) is 17.0. The lowest BCUT2D eigenvalue weighted by Crippen LogP contribution is -2.49. The van der Waals surface area contributed by atoms with Crippen LogP contribution >= 0.6 is 22.9 Å². The topological polar surface area (TPSA) is 141 Å². The number of benzene rings is 4. The minimum atomic E-state index is -1.44. The number of hydrogen-bond acceptors (Lipinski definition) is 13. The number of likely N-dealkylation sites (N-methyl/N-ethyl adjacent to an activating group) is 1. The van der Waals surface area contributed by atoms with Crippen molar-refractivity contribution < 1.29 is 38.0 Å². The molecule has 16 heteroatoms. The van der Waals surface area contributed by atoms with E-state index in [9.17, 15) is 14.3 Å². The highest BCUT2D eigenvalue weighted by Crippen LogP contribution is 2.49. The number of hydrogen-bond donors (Lipinski definition) is 1. The van der Waals surface area contributed by atoms with E-state index < -0.39 is 18.2 Å². The summed E-state index contributed by atoms with van der Waals surface area (Å²) in [6.07, 6.45) is 0.976. The lowest BCUT2D eigenvalue weighted by molar-refractivity contribution is -0.145. The zero-order valence-corrected chi connectivity index (χ0v) is 36.9. The van der Waals surface area contributed by atoms with Crippen molar-refractivity contribution in [2.24, 2.45) is 0 Å². The molecule has 13 nitrogen and oxygen atoms in total. The van der Waals surface area contributed by atoms with Gasteiger partial charge in [-0.15, -0.1) is 11.3 Å². The zero-order valence-electron chi connectivity index (χ0n) is 35.3. The number of para-hydroxylation sites is 1. The van der Waals surface area contributed by atoms with Gasteiger partial charge in [0.1, 0.15) is 59.3 Å². The first-order valence-corrected chi connectivity index (χ1v) is 21.9. The predicted octanol–water partition coefficient (Wildman–Crippen LogP) is 8.63. The molecule has 2 atom stereocenters. The zero-order chi connectivity index (χ0) is 44.3. The Morgan fingerprint density at radius 2 is 1.77 bits per heavy atom. The molecular weight excluding hydrogens is 859 g/mol. The Kier molecular flexibility index (Phi) is 12.6. The summed E-state index contributed by atoms with van der Waals surface area (Å²) < 4.78 is 45.9. The molecule has 0 radical (unpaired) electrons. The van der Waals surface area contributed by atoms with Crippen molar-refractivity contribution in [2.75, 3.05) is 53.5 Å². The van der Waals surface area contributed by atoms with E-state index in [1.165, 1.54) is 29.8 Å². The Morgan fingerprint density at radius 3 is 2.56 bits per heavy atom. The molecule has 6 heterocycles. The fraction of sp³-hybridized carbons (Fsp3) is 0.271. The highest BCUT2D eigenvalue weighted by molar-refractivity contribution is 7.22. The standard InChI is InChI=1S/C48H44ClFN6O7S/c1-28-35-13-15-39(43(28)49)61-26-34(24-56-20-18-55(2)19-21-56)62-33-12-14-37(60-25-32-16-17-51-45(54-32)36-6-4-5-7-38(36)59-3)30(22-33)23-40(48(57)58)63-46-42-41(35)44(64-47(42)53-27-52-46)29-8-10-31(50)11-9-29/h4-17,22,27,34,40H,18-21,23-26H2,1-3H3,(H,57,58). The number of rotatable bonds is 9. The van der Waals surface area contributed by atoms with E-state index in [1.807, 2.05) is 43.3 Å². The van der Waals surface area contributed by atoms with Gasteiger partial charge >= 0.3 is 5.97 Å². The summed E-state index contributed by atoms with van der Waals surface area (Å²) >= 11 is 8.52. The molecule has 7 aromatic rings. The van der Waals surface area contributed by atoms with E-state index in [2.05, 4.69) is 31.8 Å². The van der Waals surface area contributed by atoms with Gasteiger partial charge in [-0.3, -0.25) is 4.90 Å². The lowest BCUT2D eigenvalue weighted by atomic mass is 9.96. The number of thiophene rings is 1. The van der Waals surface area contributed by atoms with Crippen molar-refractivity contribution in [3.05, 3.63) is 125 Å². The first-order valence-electron chi connectivity index (χ1n) is 20.8. The van der Waals surface area contributed by atoms with Crippen LogP contribution in [-0.4, -0.2) is 107 Å². The Labute approximate surface area is 378 Å². The monoisotopic (exact) mass is 902 g/mol. The molecule has 10 rings (SSSR count). The van der Waals surface area contributed by atoms with Crippen molar-refractivity contribution in [1.29, 1.82) is 0 Å². The van der Waals surface area contributed by atoms with E-state index in [1.54, 1.807) is 49.7 Å². The molecule has 0 amide bonds. The average Bonchev–Trinajstić information content (AvgIpc) is 3.70. The molecule has 0 aliphatic carbocycles. The third-order valence-corrected chi connectivity index (χ3v) is 13.0. The summed E-state index contributed by atoms with van der Waals surface area (Å²) in [6.45, 7) is 6.24. The largest absolute Gasteiger partial charge is 0.496 e. The Morgan fingerprint density at radius 1 is 0.953 bits per heavy atom. The van der Waals surface area contributed by atoms with E-state index >= 15 is 0 Å². The molecule has 3 aliphatic heterocycles. The highest BCUT2D eigenvalue weighted by atomic mass is 35.5. The summed E-state index contributed by atoms with van der Waals surface area (Å²) in [5.41, 5.74) is 4.66. The van der Waals surface area contributed by atoms with Crippen LogP contribution in [0.1, 0.15) is 16.8 Å². The molecule has 1 saturated heterocycles. The summed E-state index contributed by atoms with van der Waals surface area (Å²) in [6, 6.07) is 24.5. The van der Waals surface area contributed by atoms with Gasteiger partial charge in [0.2, 0.25) is 12.0 Å². The van der Waals surface area contributed by atoms with Gasteiger partial charge in [-0.05, 0) is 85.3 Å². The number of nitrogens with zero attached hydrogens (tertiary/aromatic N) is 6. The predicted molar refractivity (Wildman–Crippen MR) is 242 cm³/mol. The van der Waals surface area contributed by atoms with Gasteiger partial charge in [0.15, 0.2) is 5.82 Å². The molecule has 3 aliphatic rings. The van der Waals surface area contributed by atoms with Crippen LogP contribution in [0.25, 0.3) is 43.2 Å². The molecule has 64 heavy (non-hydrogen) atoms. The Bertz CT molecular complexity index is 2820. The highest BCUT2D eigenvalue weighted by Gasteiger charge is 2.30. The summed E-state index contributed by atoms with van der Waals surface area (Å²) in [5.74, 6) is 0.936. The van der Waals surface area contributed by atoms with E-state index in [0.717, 1.165) is 47.7 Å². The van der Waals surface area contributed by atoms with Crippen LogP contribution in [0.15, 0.2) is 97.5 Å². The molecule has 1 N–H and O–H groups in total. The number of aliphatic carboxylic acids is 1. The maximum absolute atomic E-state index is 14.2. The molecule has 0 saturated carbocycles. The van der Waals surface area contributed by atoms with Gasteiger partial charge in [-0.2, -0.15) is 0 Å². The number of methoxy groups -OCH3 is 1. The molecule has 3 aromatic heterocycles. The van der Waals surface area contributed by atoms with E-state index in [0.29, 0.717) is 73.0 Å². The molecule has 4 bridgehead atoms. The SMILES string of the molecule is COc1ccccc1-c1nccc(COc2ccc3cc2CC(C(=O)O)Oc2ncnc4sc(-c5ccc(F)cc5)c(c24)-c2ccc(c(Cl)c2C)OCC(CN2CCN(C)CC2)O3)n1. The number of carboxylic acids is 1. The summed E-state index contributed by atoms with van der Waals surface area (Å²) in [4.78, 5) is 37.6. The van der Waals surface area contributed by atoms with Crippen molar-refractivity contribution in [3.8, 4) is 61.8 Å². The van der Waals surface area contributed by atoms with E-state index in [4.69, 9.17) is 40.3 Å². The third-order valence-electron chi connectivity index (χ3n) is 11.4. The smallest absolute Gasteiger partial charge is 0.345 e. The maximum atomic E-state index is 14.2. The molecule has 0 spiro atoms. The van der Waals surface area contributed by atoms with Crippen LogP contribution in [0.4, 0.5) is 4.39 Å².